The number of hydrogen-bond donors (Lipinski definition) is 7. The maximum atomic E-state index is 15.1. The standard InChI is InChI=1S/C43H50FN7O3.C31H34BrFN6O3.C23H36BNO4/c1-3-39-36(40(49-34-15-19-54-20-16-34)37-27-48-51(4-2)41(37)50-39)26-47-43(53)33-10-6-9-32(24-33)42(52)46-25-30-11-12-38(44)35(23-30)31-8-5-7-29(22-31)21-28-13-17-45-18-14-28;1-3-27-23(28(37-22-10-12-42-13-11-22)24-18-36-39(4-2)29(24)38-27)17-35-31(41)21-7-5-6-20(15-21)30(40)34-16-19-8-9-26(33)25(32)14-19;1-21(2,3)27-20(26)25-13-11-17(12-14-25)15-18-9-8-10-19(16-18)24-28-22(4,5)23(6,7)29-24/h5-12,22-24,27-28,34,45H,3-4,13-21,25-26H2,1-2H3,(H,46,52)(H,47,53)(H,49,50);5-9,14-15,18,22H,3-4,10-13,16-17H2,1-2H3,(H,34,40)(H,35,41)(H,37,38);8-10,16-17H,11-15H2,1-7H3. The van der Waals surface area contributed by atoms with Gasteiger partial charge in [-0.15, -0.1) is 0 Å². The zero-order valence-corrected chi connectivity index (χ0v) is 75.6. The van der Waals surface area contributed by atoms with Gasteiger partial charge in [-0.05, 0) is 274 Å². The molecule has 5 fully saturated rings. The van der Waals surface area contributed by atoms with Crippen molar-refractivity contribution >= 4 is 91.7 Å². The largest absolute Gasteiger partial charge is 0.494 e. The number of amides is 5. The predicted molar refractivity (Wildman–Crippen MR) is 489 cm³/mol. The molecule has 662 valence electrons. The van der Waals surface area contributed by atoms with Gasteiger partial charge in [0.25, 0.3) is 23.6 Å². The summed E-state index contributed by atoms with van der Waals surface area (Å²) in [6.07, 6.45) is 14.7. The van der Waals surface area contributed by atoms with Gasteiger partial charge < -0.3 is 65.6 Å². The number of nitrogens with one attached hydrogen (secondary N) is 7. The molecular weight excluding hydrogens is 1650 g/mol. The molecule has 0 bridgehead atoms. The van der Waals surface area contributed by atoms with Gasteiger partial charge in [0.15, 0.2) is 11.3 Å². The lowest BCUT2D eigenvalue weighted by Gasteiger charge is -2.33. The van der Waals surface area contributed by atoms with Crippen LogP contribution in [0.5, 0.6) is 0 Å². The van der Waals surface area contributed by atoms with Gasteiger partial charge >= 0.3 is 13.2 Å². The summed E-state index contributed by atoms with van der Waals surface area (Å²) >= 11 is 3.16. The number of aromatic nitrogens is 6. The van der Waals surface area contributed by atoms with Gasteiger partial charge in [-0.1, -0.05) is 86.6 Å². The molecule has 10 aromatic rings. The van der Waals surface area contributed by atoms with Crippen LogP contribution < -0.4 is 42.7 Å². The minimum atomic E-state index is -0.443. The Morgan fingerprint density at radius 2 is 0.968 bits per heavy atom. The van der Waals surface area contributed by atoms with E-state index in [1.54, 1.807) is 72.8 Å². The third-order valence-electron chi connectivity index (χ3n) is 24.4. The van der Waals surface area contributed by atoms with Crippen LogP contribution in [0, 0.1) is 23.5 Å². The predicted octanol–water partition coefficient (Wildman–Crippen LogP) is 16.4. The first-order chi connectivity index (χ1) is 60.1. The zero-order valence-electron chi connectivity index (χ0n) is 74.0. The number of carbonyl (C=O) groups excluding carboxylic acids is 5. The van der Waals surface area contributed by atoms with E-state index >= 15 is 4.39 Å². The second kappa shape index (κ2) is 42.2. The molecule has 5 amide bonds. The summed E-state index contributed by atoms with van der Waals surface area (Å²) < 4.78 is 61.8. The number of rotatable bonds is 26. The van der Waals surface area contributed by atoms with Crippen LogP contribution in [0.25, 0.3) is 33.2 Å². The molecule has 0 aliphatic carbocycles. The van der Waals surface area contributed by atoms with Gasteiger partial charge in [0.2, 0.25) is 0 Å². The second-order valence-electron chi connectivity index (χ2n) is 35.0. The number of pyridine rings is 2. The normalized spacial score (nSPS) is 16.3. The lowest BCUT2D eigenvalue weighted by molar-refractivity contribution is 0.00578. The van der Waals surface area contributed by atoms with Crippen LogP contribution >= 0.6 is 15.9 Å². The molecule has 28 heteroatoms. The van der Waals surface area contributed by atoms with Crippen LogP contribution in [0.3, 0.4) is 0 Å². The molecule has 4 aromatic heterocycles. The van der Waals surface area contributed by atoms with Gasteiger partial charge in [0.05, 0.1) is 50.2 Å². The second-order valence-corrected chi connectivity index (χ2v) is 35.8. The number of piperidine rings is 2. The van der Waals surface area contributed by atoms with Crippen molar-refractivity contribution < 1.29 is 56.3 Å². The fraction of sp³-hybridized carbons (Fsp3) is 0.454. The maximum Gasteiger partial charge on any atom is 0.494 e. The molecule has 9 heterocycles. The highest BCUT2D eigenvalue weighted by molar-refractivity contribution is 9.10. The average Bonchev–Trinajstić information content (AvgIpc) is 1.68. The first kappa shape index (κ1) is 92.2. The Labute approximate surface area is 741 Å². The summed E-state index contributed by atoms with van der Waals surface area (Å²) in [5.74, 6) is -0.702. The van der Waals surface area contributed by atoms with Gasteiger partial charge in [0, 0.05) is 141 Å². The minimum absolute atomic E-state index is 0.196. The van der Waals surface area contributed by atoms with Gasteiger partial charge in [-0.2, -0.15) is 10.2 Å². The SMILES string of the molecule is CC(C)(C)OC(=O)N1CCC(Cc2cccc(B3OC(C)(C)C(C)(C)O3)c2)CC1.CCc1nc2c(cnn2CC)c(NC2CCOCC2)c1CNC(=O)c1cccc(C(=O)NCc2ccc(F)c(-c3cccc(CC4CCNCC4)c3)c2)c1.CCc1nc2c(cnn2CC)c(NC2CCOCC2)c1CNC(=O)c1cccc(C(=O)NCc2ccc(F)c(Br)c2)c1. The van der Waals surface area contributed by atoms with E-state index in [-0.39, 0.29) is 97.9 Å². The van der Waals surface area contributed by atoms with Gasteiger partial charge in [0.1, 0.15) is 17.2 Å². The Hall–Kier alpha value is -10.5. The smallest absolute Gasteiger partial charge is 0.444 e. The van der Waals surface area contributed by atoms with Crippen LogP contribution in [0.4, 0.5) is 25.0 Å². The van der Waals surface area contributed by atoms with Crippen molar-refractivity contribution in [2.75, 3.05) is 63.2 Å². The molecule has 125 heavy (non-hydrogen) atoms. The molecule has 7 N–H and O–H groups in total. The number of aryl methyl sites for hydroxylation is 4. The third kappa shape index (κ3) is 23.8. The first-order valence-corrected chi connectivity index (χ1v) is 45.1. The topological polar surface area (TPSA) is 280 Å². The number of nitrogens with zero attached hydrogens (tertiary/aromatic N) is 7. The van der Waals surface area contributed by atoms with Gasteiger partial charge in [-0.25, -0.2) is 32.9 Å². The number of halogens is 3. The van der Waals surface area contributed by atoms with E-state index in [2.05, 4.69) is 141 Å². The zero-order chi connectivity index (χ0) is 88.5. The molecule has 5 saturated heterocycles. The lowest BCUT2D eigenvalue weighted by Crippen LogP contribution is -2.42. The van der Waals surface area contributed by atoms with Crippen LogP contribution in [-0.2, 0) is 88.5 Å². The molecule has 0 saturated carbocycles. The van der Waals surface area contributed by atoms with Crippen molar-refractivity contribution in [3.63, 3.8) is 0 Å². The van der Waals surface area contributed by atoms with Crippen molar-refractivity contribution in [1.29, 1.82) is 0 Å². The van der Waals surface area contributed by atoms with Crippen LogP contribution in [0.15, 0.2) is 150 Å². The molecular formula is C97H120BBrF2N14O10. The summed E-state index contributed by atoms with van der Waals surface area (Å²) in [7, 11) is -0.325. The maximum absolute atomic E-state index is 15.1. The molecule has 6 aromatic carbocycles. The summed E-state index contributed by atoms with van der Waals surface area (Å²) in [6, 6.07) is 40.0. The Morgan fingerprint density at radius 3 is 1.43 bits per heavy atom. The number of fused-ring (bicyclic) bond motifs is 2. The van der Waals surface area contributed by atoms with E-state index in [4.69, 9.17) is 33.5 Å². The number of hydrogen-bond acceptors (Lipinski definition) is 17. The van der Waals surface area contributed by atoms with Crippen molar-refractivity contribution in [2.45, 2.75) is 221 Å². The summed E-state index contributed by atoms with van der Waals surface area (Å²) in [5, 5.41) is 33.8. The molecule has 0 atom stereocenters. The average molecular weight is 1770 g/mol. The van der Waals surface area contributed by atoms with E-state index in [9.17, 15) is 28.4 Å². The quantitative estimate of drug-likeness (QED) is 0.0248. The van der Waals surface area contributed by atoms with E-state index in [0.717, 1.165) is 168 Å². The van der Waals surface area contributed by atoms with E-state index in [1.165, 1.54) is 23.3 Å². The van der Waals surface area contributed by atoms with Crippen molar-refractivity contribution in [1.82, 2.24) is 61.0 Å². The molecule has 0 radical (unpaired) electrons. The van der Waals surface area contributed by atoms with Crippen molar-refractivity contribution in [3.05, 3.63) is 229 Å². The summed E-state index contributed by atoms with van der Waals surface area (Å²) in [4.78, 5) is 77.0. The number of benzene rings is 6. The minimum Gasteiger partial charge on any atom is -0.444 e. The molecule has 15 rings (SSSR count). The Balaban J connectivity index is 0.000000169. The third-order valence-corrected chi connectivity index (χ3v) is 25.0. The van der Waals surface area contributed by atoms with Crippen LogP contribution in [-0.4, -0.2) is 153 Å². The number of likely N-dealkylation sites (tertiary alicyclic amines) is 1. The van der Waals surface area contributed by atoms with Crippen LogP contribution in [0.2, 0.25) is 0 Å². The van der Waals surface area contributed by atoms with Crippen LogP contribution in [0.1, 0.15) is 214 Å². The highest BCUT2D eigenvalue weighted by Gasteiger charge is 2.52. The Morgan fingerprint density at radius 1 is 0.528 bits per heavy atom. The van der Waals surface area contributed by atoms with E-state index in [1.807, 2.05) is 73.4 Å². The Bertz CT molecular complexity index is 5420. The fourth-order valence-electron chi connectivity index (χ4n) is 16.6. The van der Waals surface area contributed by atoms with E-state index in [0.29, 0.717) is 96.5 Å². The number of anilines is 2. The monoisotopic (exact) mass is 1770 g/mol. The molecule has 5 aliphatic heterocycles. The lowest BCUT2D eigenvalue weighted by atomic mass is 9.77. The van der Waals surface area contributed by atoms with Gasteiger partial charge in [-0.3, -0.25) is 19.2 Å². The van der Waals surface area contributed by atoms with Crippen molar-refractivity contribution in [3.8, 4) is 11.1 Å². The Kier molecular flexibility index (Phi) is 31.1. The van der Waals surface area contributed by atoms with E-state index < -0.39 is 5.60 Å². The molecule has 0 unspecified atom stereocenters. The van der Waals surface area contributed by atoms with Crippen molar-refractivity contribution in [2.24, 2.45) is 11.8 Å². The number of ether oxygens (including phenoxy) is 3. The first-order valence-electron chi connectivity index (χ1n) is 44.3. The molecule has 24 nitrogen and oxygen atoms in total. The highest BCUT2D eigenvalue weighted by atomic mass is 79.9. The molecule has 5 aliphatic rings. The summed E-state index contributed by atoms with van der Waals surface area (Å²) in [5.41, 5.74) is 14.0. The highest BCUT2D eigenvalue weighted by Crippen LogP contribution is 2.39. The molecule has 0 spiro atoms. The summed E-state index contributed by atoms with van der Waals surface area (Å²) in [6.45, 7) is 31.0. The fourth-order valence-corrected chi connectivity index (χ4v) is 17.0. The number of carbonyl (C=O) groups is 5.